The number of aromatic nitrogens is 3. The molecule has 5 N–H and O–H groups in total. The van der Waals surface area contributed by atoms with E-state index >= 15 is 0 Å². The Morgan fingerprint density at radius 3 is 1.06 bits per heavy atom. The third kappa shape index (κ3) is 24.1. The van der Waals surface area contributed by atoms with E-state index in [-0.39, 0.29) is 100.0 Å². The number of likely N-dealkylation sites (N-methyl/N-ethyl adjacent to an activating group) is 2. The predicted molar refractivity (Wildman–Crippen MR) is 459 cm³/mol. The third-order valence-electron chi connectivity index (χ3n) is 23.7. The summed E-state index contributed by atoms with van der Waals surface area (Å²) in [4.78, 5) is 168. The first-order valence-electron chi connectivity index (χ1n) is 42.6. The van der Waals surface area contributed by atoms with Crippen LogP contribution < -0.4 is 20.7 Å². The zero-order chi connectivity index (χ0) is 86.9. The van der Waals surface area contributed by atoms with Gasteiger partial charge in [-0.25, -0.2) is 24.5 Å². The number of phenolic OH excluding ortho intramolecular Hbond substituents is 2. The molecule has 3 aromatic carbocycles. The van der Waals surface area contributed by atoms with E-state index in [4.69, 9.17) is 14.2 Å². The monoisotopic (exact) mass is 1710 g/mol. The van der Waals surface area contributed by atoms with Crippen molar-refractivity contribution in [3.05, 3.63) is 138 Å². The van der Waals surface area contributed by atoms with Gasteiger partial charge in [0.15, 0.2) is 0 Å². The molecule has 6 aromatic rings. The summed E-state index contributed by atoms with van der Waals surface area (Å²) in [6.45, 7) is 19.5. The van der Waals surface area contributed by atoms with E-state index in [0.717, 1.165) is 133 Å². The van der Waals surface area contributed by atoms with Crippen LogP contribution in [0.4, 0.5) is 9.59 Å². The molecule has 6 aliphatic rings. The van der Waals surface area contributed by atoms with Crippen molar-refractivity contribution in [2.24, 2.45) is 23.7 Å². The summed E-state index contributed by atoms with van der Waals surface area (Å²) < 4.78 is 16.1. The van der Waals surface area contributed by atoms with Gasteiger partial charge in [-0.1, -0.05) is 108 Å². The standard InChI is InChI=1S/C32H44N4O6S.C31H42N4O6S.C27H35N3O4S/c1-20(35(5)31(40)42-32(2,3)4)28(38)34-26(21-12-8-7-9-13-21)30(39)36-17-11-16-25(36)29-33-24(19-43-29)27(37)22-14-10-15-23(18-22)41-6;1-19(34(5)30(40)41-31(2,3)4)27(38)33-25(20-11-7-6-8-12-20)29(39)35-16-10-15-24(35)28-32-23(18-42-28)26(37)21-13-9-14-22(36)17-21;1-3-17(2)25(33)29-23(18-9-5-4-6-10-18)27(34)30-14-8-13-22(30)26-28-21(16-35-26)24(32)19-11-7-12-20(31)15-19/h10,14-15,18-21,25-26H,7-9,11-13,16-17H2,1-6H3,(H,34,38);9,13-14,17-20,24-25,36H,6-8,10-12,15-16H2,1-5H3,(H,33,38);7,11-12,15-18,22-23,31H,3-6,8-10,13-14H2,1-2H3,(H,29,33)/t20-,25-,26-;19-,24-,25-;17-,22+,23+/m001/s1. The molecule has 3 aliphatic heterocycles. The van der Waals surface area contributed by atoms with Gasteiger partial charge < -0.3 is 55.1 Å². The van der Waals surface area contributed by atoms with Crippen LogP contribution in [0.1, 0.15) is 292 Å². The summed E-state index contributed by atoms with van der Waals surface area (Å²) >= 11 is 4.10. The van der Waals surface area contributed by atoms with Crippen molar-refractivity contribution in [3.8, 4) is 17.2 Å². The highest BCUT2D eigenvalue weighted by Crippen LogP contribution is 2.41. The topological polar surface area (TPSA) is 347 Å². The molecule has 9 atom stereocenters. The maximum absolute atomic E-state index is 14.2. The van der Waals surface area contributed by atoms with Crippen molar-refractivity contribution in [3.63, 3.8) is 0 Å². The molecule has 12 rings (SSSR count). The quantitative estimate of drug-likeness (QED) is 0.0332. The van der Waals surface area contributed by atoms with Gasteiger partial charge in [-0.3, -0.25) is 53.0 Å². The Bertz CT molecular complexity index is 4570. The van der Waals surface area contributed by atoms with Crippen LogP contribution in [-0.4, -0.2) is 197 Å². The number of ketones is 3. The number of nitrogens with one attached hydrogen (secondary N) is 3. The molecule has 0 radical (unpaired) electrons. The summed E-state index contributed by atoms with van der Waals surface area (Å²) in [5.41, 5.74) is 0.754. The molecule has 6 heterocycles. The molecule has 0 bridgehead atoms. The minimum atomic E-state index is -0.835. The minimum absolute atomic E-state index is 0.00493. The van der Waals surface area contributed by atoms with Gasteiger partial charge in [0.05, 0.1) is 25.2 Å². The number of carbonyl (C=O) groups is 11. The van der Waals surface area contributed by atoms with Crippen LogP contribution in [0.2, 0.25) is 0 Å². The molecular formula is C90H121N11O16S3. The normalized spacial score (nSPS) is 19.4. The number of phenols is 2. The Kier molecular flexibility index (Phi) is 32.6. The van der Waals surface area contributed by atoms with Crippen LogP contribution in [-0.2, 0) is 38.2 Å². The summed E-state index contributed by atoms with van der Waals surface area (Å²) in [5.74, 6) is -1.24. The Hall–Kier alpha value is -9.68. The van der Waals surface area contributed by atoms with Crippen molar-refractivity contribution in [2.45, 2.75) is 270 Å². The van der Waals surface area contributed by atoms with E-state index in [9.17, 15) is 63.0 Å². The smallest absolute Gasteiger partial charge is 0.410 e. The van der Waals surface area contributed by atoms with Gasteiger partial charge in [-0.2, -0.15) is 0 Å². The zero-order valence-corrected chi connectivity index (χ0v) is 74.1. The van der Waals surface area contributed by atoms with E-state index in [1.807, 2.05) is 23.6 Å². The fraction of sp³-hybridized carbons (Fsp3) is 0.578. The molecule has 3 saturated carbocycles. The predicted octanol–water partition coefficient (Wildman–Crippen LogP) is 15.3. The Morgan fingerprint density at radius 2 is 0.758 bits per heavy atom. The lowest BCUT2D eigenvalue weighted by Crippen LogP contribution is -2.56. The number of thiazole rings is 3. The third-order valence-corrected chi connectivity index (χ3v) is 26.5. The molecule has 650 valence electrons. The van der Waals surface area contributed by atoms with Crippen molar-refractivity contribution >= 4 is 99.0 Å². The first kappa shape index (κ1) is 92.6. The number of hydrogen-bond donors (Lipinski definition) is 5. The number of carbonyl (C=O) groups excluding carboxylic acids is 11. The average molecular weight is 1710 g/mol. The first-order chi connectivity index (χ1) is 57.1. The van der Waals surface area contributed by atoms with Crippen LogP contribution in [0, 0.1) is 23.7 Å². The SMILES string of the molecule is CC[C@@H](C)C(=O)N[C@H](C(=O)N1CCC[C@H]1c1nc(C(=O)c2cccc(O)c2)cs1)C1CCCCC1.COc1cccc(C(=O)c2csc([C@@H]3CCCN3C(=O)[C@@H](NC(=O)[C@H](C)N(C)C(=O)OC(C)(C)C)C3CCCCC3)n2)c1.C[C@@H](C(=O)N[C@H](C(=O)N1CCC[C@H]1c1nc(C(=O)c2cccc(O)c2)cs1)C1CCCCC1)N(C)C(=O)OC(C)(C)C. The van der Waals surface area contributed by atoms with Crippen molar-refractivity contribution in [1.29, 1.82) is 0 Å². The molecular weight excluding hydrogens is 1590 g/mol. The fourth-order valence-corrected chi connectivity index (χ4v) is 19.3. The van der Waals surface area contributed by atoms with Crippen LogP contribution in [0.3, 0.4) is 0 Å². The second-order valence-electron chi connectivity index (χ2n) is 34.6. The van der Waals surface area contributed by atoms with E-state index in [0.29, 0.717) is 69.9 Å². The largest absolute Gasteiger partial charge is 0.508 e. The van der Waals surface area contributed by atoms with Gasteiger partial charge in [0, 0.05) is 72.5 Å². The van der Waals surface area contributed by atoms with Gasteiger partial charge in [0.25, 0.3) is 0 Å². The maximum atomic E-state index is 14.2. The molecule has 27 nitrogen and oxygen atoms in total. The molecule has 30 heteroatoms. The Morgan fingerprint density at radius 1 is 0.450 bits per heavy atom. The lowest BCUT2D eigenvalue weighted by atomic mass is 9.83. The summed E-state index contributed by atoms with van der Waals surface area (Å²) in [6, 6.07) is 15.0. The van der Waals surface area contributed by atoms with Crippen molar-refractivity contribution in [1.82, 2.24) is 55.4 Å². The first-order valence-corrected chi connectivity index (χ1v) is 45.2. The molecule has 8 amide bonds. The van der Waals surface area contributed by atoms with Gasteiger partial charge in [-0.05, 0) is 193 Å². The molecule has 3 saturated heterocycles. The fourth-order valence-electron chi connectivity index (χ4n) is 16.4. The summed E-state index contributed by atoms with van der Waals surface area (Å²) in [5, 5.41) is 35.9. The minimum Gasteiger partial charge on any atom is -0.508 e. The second-order valence-corrected chi connectivity index (χ2v) is 37.3. The van der Waals surface area contributed by atoms with Crippen LogP contribution in [0.25, 0.3) is 0 Å². The van der Waals surface area contributed by atoms with Gasteiger partial charge in [0.1, 0.15) is 90.8 Å². The Labute approximate surface area is 716 Å². The van der Waals surface area contributed by atoms with Crippen molar-refractivity contribution in [2.75, 3.05) is 40.8 Å². The zero-order valence-electron chi connectivity index (χ0n) is 71.7. The lowest BCUT2D eigenvalue weighted by molar-refractivity contribution is -0.140. The van der Waals surface area contributed by atoms with E-state index in [1.165, 1.54) is 88.6 Å². The number of nitrogens with zero attached hydrogens (tertiary/aromatic N) is 8. The molecule has 6 fully saturated rings. The molecule has 0 unspecified atom stereocenters. The van der Waals surface area contributed by atoms with E-state index in [2.05, 4.69) is 30.9 Å². The number of rotatable bonds is 25. The second kappa shape index (κ2) is 42.2. The molecule has 3 aromatic heterocycles. The van der Waals surface area contributed by atoms with Crippen LogP contribution in [0.5, 0.6) is 17.2 Å². The van der Waals surface area contributed by atoms with E-state index in [1.54, 1.807) is 132 Å². The number of amides is 8. The molecule has 120 heavy (non-hydrogen) atoms. The summed E-state index contributed by atoms with van der Waals surface area (Å²) in [6.07, 6.45) is 19.1. The van der Waals surface area contributed by atoms with Gasteiger partial charge >= 0.3 is 12.2 Å². The van der Waals surface area contributed by atoms with Crippen molar-refractivity contribution < 1.29 is 77.2 Å². The number of aromatic hydroxyl groups is 2. The Balaban J connectivity index is 0.000000190. The highest BCUT2D eigenvalue weighted by Gasteiger charge is 2.45. The average Bonchev–Trinajstić information content (AvgIpc) is 1.64. The van der Waals surface area contributed by atoms with Crippen LogP contribution in [0.15, 0.2) is 88.9 Å². The van der Waals surface area contributed by atoms with Gasteiger partial charge in [0.2, 0.25) is 52.8 Å². The van der Waals surface area contributed by atoms with Gasteiger partial charge in [-0.15, -0.1) is 34.0 Å². The highest BCUT2D eigenvalue weighted by atomic mass is 32.1. The molecule has 0 spiro atoms. The number of methoxy groups -OCH3 is 1. The number of hydrogen-bond acceptors (Lipinski definition) is 22. The summed E-state index contributed by atoms with van der Waals surface area (Å²) in [7, 11) is 4.60. The number of ether oxygens (including phenoxy) is 3. The lowest BCUT2D eigenvalue weighted by Gasteiger charge is -2.36. The van der Waals surface area contributed by atoms with E-state index < -0.39 is 65.4 Å². The molecule has 3 aliphatic carbocycles. The number of likely N-dealkylation sites (tertiary alicyclic amines) is 3. The maximum Gasteiger partial charge on any atom is 0.410 e. The highest BCUT2D eigenvalue weighted by molar-refractivity contribution is 7.10. The number of benzene rings is 3. The van der Waals surface area contributed by atoms with Crippen LogP contribution >= 0.6 is 34.0 Å².